The summed E-state index contributed by atoms with van der Waals surface area (Å²) in [6.07, 6.45) is 10.1. The minimum atomic E-state index is 0.555. The Bertz CT molecular complexity index is 460. The molecule has 0 radical (unpaired) electrons. The van der Waals surface area contributed by atoms with E-state index in [1.807, 2.05) is 20.0 Å². The number of rotatable bonds is 4. The molecule has 0 aromatic carbocycles. The van der Waals surface area contributed by atoms with Crippen LogP contribution >= 0.6 is 0 Å². The van der Waals surface area contributed by atoms with Gasteiger partial charge in [-0.15, -0.1) is 0 Å². The minimum Gasteiger partial charge on any atom is -0.366 e. The fraction of sp³-hybridized carbons (Fsp3) is 0.765. The third-order valence-electron chi connectivity index (χ3n) is 5.00. The molecule has 3 rings (SSSR count). The number of nitrogens with zero attached hydrogens (tertiary/aromatic N) is 3. The first-order valence-corrected chi connectivity index (χ1v) is 8.50. The Balaban J connectivity index is 1.48. The summed E-state index contributed by atoms with van der Waals surface area (Å²) in [6.45, 7) is 7.82. The van der Waals surface area contributed by atoms with Gasteiger partial charge in [0.1, 0.15) is 5.82 Å². The molecule has 1 N–H and O–H groups in total. The average molecular weight is 288 g/mol. The molecule has 1 aliphatic heterocycles. The number of hydrogen-bond donors (Lipinski definition) is 1. The third-order valence-corrected chi connectivity index (χ3v) is 5.00. The third kappa shape index (κ3) is 3.94. The van der Waals surface area contributed by atoms with Crippen LogP contribution in [-0.2, 0) is 0 Å². The van der Waals surface area contributed by atoms with E-state index in [1.54, 1.807) is 0 Å². The van der Waals surface area contributed by atoms with Crippen LogP contribution in [0.2, 0.25) is 0 Å². The molecule has 0 bridgehead atoms. The Labute approximate surface area is 128 Å². The highest BCUT2D eigenvalue weighted by Crippen LogP contribution is 2.27. The SMILES string of the molecule is Cc1cnc(C)c(NC2CCN(CC3CCCC3)CC2)n1. The van der Waals surface area contributed by atoms with Crippen LogP contribution in [0.25, 0.3) is 0 Å². The number of piperidine rings is 1. The number of anilines is 1. The van der Waals surface area contributed by atoms with E-state index in [-0.39, 0.29) is 0 Å². The molecule has 1 saturated heterocycles. The molecule has 0 amide bonds. The number of aromatic nitrogens is 2. The van der Waals surface area contributed by atoms with Gasteiger partial charge in [-0.3, -0.25) is 4.98 Å². The van der Waals surface area contributed by atoms with E-state index in [2.05, 4.69) is 20.2 Å². The smallest absolute Gasteiger partial charge is 0.147 e. The Morgan fingerprint density at radius 1 is 1.14 bits per heavy atom. The molecule has 2 aliphatic rings. The van der Waals surface area contributed by atoms with Crippen molar-refractivity contribution in [2.75, 3.05) is 25.0 Å². The van der Waals surface area contributed by atoms with Crippen molar-refractivity contribution in [3.05, 3.63) is 17.6 Å². The second-order valence-corrected chi connectivity index (χ2v) is 6.82. The van der Waals surface area contributed by atoms with E-state index in [1.165, 1.54) is 58.2 Å². The lowest BCUT2D eigenvalue weighted by molar-refractivity contribution is 0.189. The topological polar surface area (TPSA) is 41.1 Å². The molecule has 4 heteroatoms. The predicted octanol–water partition coefficient (Wildman–Crippen LogP) is 3.16. The Morgan fingerprint density at radius 2 is 1.86 bits per heavy atom. The van der Waals surface area contributed by atoms with Crippen molar-refractivity contribution in [1.29, 1.82) is 0 Å². The van der Waals surface area contributed by atoms with Gasteiger partial charge < -0.3 is 10.2 Å². The molecule has 116 valence electrons. The lowest BCUT2D eigenvalue weighted by Crippen LogP contribution is -2.41. The maximum atomic E-state index is 4.58. The Kier molecular flexibility index (Phi) is 4.73. The summed E-state index contributed by atoms with van der Waals surface area (Å²) in [5.41, 5.74) is 2.00. The molecule has 1 saturated carbocycles. The Morgan fingerprint density at radius 3 is 2.57 bits per heavy atom. The first-order valence-electron chi connectivity index (χ1n) is 8.50. The molecule has 2 heterocycles. The fourth-order valence-electron chi connectivity index (χ4n) is 3.69. The van der Waals surface area contributed by atoms with Crippen molar-refractivity contribution >= 4 is 5.82 Å². The van der Waals surface area contributed by atoms with Crippen LogP contribution in [0.1, 0.15) is 49.9 Å². The van der Waals surface area contributed by atoms with Crippen LogP contribution in [0.4, 0.5) is 5.82 Å². The maximum absolute atomic E-state index is 4.58. The van der Waals surface area contributed by atoms with Gasteiger partial charge in [-0.1, -0.05) is 12.8 Å². The Hall–Kier alpha value is -1.16. The number of aryl methyl sites for hydroxylation is 2. The summed E-state index contributed by atoms with van der Waals surface area (Å²) in [5, 5.41) is 3.60. The zero-order chi connectivity index (χ0) is 14.7. The minimum absolute atomic E-state index is 0.555. The van der Waals surface area contributed by atoms with E-state index >= 15 is 0 Å². The second kappa shape index (κ2) is 6.73. The number of nitrogens with one attached hydrogen (secondary N) is 1. The van der Waals surface area contributed by atoms with Gasteiger partial charge in [0, 0.05) is 31.9 Å². The first kappa shape index (κ1) is 14.8. The van der Waals surface area contributed by atoms with Crippen molar-refractivity contribution < 1.29 is 0 Å². The summed E-state index contributed by atoms with van der Waals surface area (Å²) < 4.78 is 0. The van der Waals surface area contributed by atoms with Crippen molar-refractivity contribution in [2.24, 2.45) is 5.92 Å². The van der Waals surface area contributed by atoms with Crippen molar-refractivity contribution in [2.45, 2.75) is 58.4 Å². The van der Waals surface area contributed by atoms with Gasteiger partial charge in [-0.2, -0.15) is 0 Å². The van der Waals surface area contributed by atoms with E-state index in [9.17, 15) is 0 Å². The largest absolute Gasteiger partial charge is 0.366 e. The lowest BCUT2D eigenvalue weighted by Gasteiger charge is -2.34. The van der Waals surface area contributed by atoms with E-state index in [0.29, 0.717) is 6.04 Å². The van der Waals surface area contributed by atoms with Gasteiger partial charge >= 0.3 is 0 Å². The fourth-order valence-corrected chi connectivity index (χ4v) is 3.69. The van der Waals surface area contributed by atoms with Crippen LogP contribution in [0.5, 0.6) is 0 Å². The molecule has 1 aromatic heterocycles. The van der Waals surface area contributed by atoms with E-state index in [0.717, 1.165) is 23.1 Å². The second-order valence-electron chi connectivity index (χ2n) is 6.82. The van der Waals surface area contributed by atoms with Crippen LogP contribution in [-0.4, -0.2) is 40.5 Å². The molecular formula is C17H28N4. The highest BCUT2D eigenvalue weighted by atomic mass is 15.2. The summed E-state index contributed by atoms with van der Waals surface area (Å²) in [6, 6.07) is 0.555. The normalized spacial score (nSPS) is 21.8. The summed E-state index contributed by atoms with van der Waals surface area (Å²) in [5.74, 6) is 1.95. The van der Waals surface area contributed by atoms with Crippen molar-refractivity contribution in [3.63, 3.8) is 0 Å². The molecule has 0 spiro atoms. The maximum Gasteiger partial charge on any atom is 0.147 e. The standard InChI is InChI=1S/C17H28N4/c1-13-11-18-14(2)17(19-13)20-16-7-9-21(10-8-16)12-15-5-3-4-6-15/h11,15-16H,3-10,12H2,1-2H3,(H,19,20). The van der Waals surface area contributed by atoms with Gasteiger partial charge in [0.25, 0.3) is 0 Å². The quantitative estimate of drug-likeness (QED) is 0.924. The van der Waals surface area contributed by atoms with Gasteiger partial charge in [0.05, 0.1) is 11.4 Å². The van der Waals surface area contributed by atoms with E-state index in [4.69, 9.17) is 0 Å². The highest BCUT2D eigenvalue weighted by Gasteiger charge is 2.23. The monoisotopic (exact) mass is 288 g/mol. The summed E-state index contributed by atoms with van der Waals surface area (Å²) >= 11 is 0. The van der Waals surface area contributed by atoms with Crippen LogP contribution in [0, 0.1) is 19.8 Å². The molecular weight excluding hydrogens is 260 g/mol. The van der Waals surface area contributed by atoms with Crippen LogP contribution in [0.15, 0.2) is 6.20 Å². The predicted molar refractivity (Wildman–Crippen MR) is 86.5 cm³/mol. The molecule has 0 atom stereocenters. The molecule has 0 unspecified atom stereocenters. The van der Waals surface area contributed by atoms with Crippen molar-refractivity contribution in [1.82, 2.24) is 14.9 Å². The summed E-state index contributed by atoms with van der Waals surface area (Å²) in [4.78, 5) is 11.6. The molecule has 21 heavy (non-hydrogen) atoms. The van der Waals surface area contributed by atoms with Crippen molar-refractivity contribution in [3.8, 4) is 0 Å². The van der Waals surface area contributed by atoms with Gasteiger partial charge in [-0.25, -0.2) is 4.98 Å². The van der Waals surface area contributed by atoms with Gasteiger partial charge in [-0.05, 0) is 45.4 Å². The zero-order valence-electron chi connectivity index (χ0n) is 13.4. The van der Waals surface area contributed by atoms with Crippen LogP contribution in [0.3, 0.4) is 0 Å². The average Bonchev–Trinajstić information content (AvgIpc) is 2.98. The summed E-state index contributed by atoms with van der Waals surface area (Å²) in [7, 11) is 0. The van der Waals surface area contributed by atoms with Gasteiger partial charge in [0.2, 0.25) is 0 Å². The first-order chi connectivity index (χ1) is 10.2. The molecule has 1 aromatic rings. The highest BCUT2D eigenvalue weighted by molar-refractivity contribution is 5.40. The van der Waals surface area contributed by atoms with Gasteiger partial charge in [0.15, 0.2) is 0 Å². The molecule has 4 nitrogen and oxygen atoms in total. The molecule has 1 aliphatic carbocycles. The van der Waals surface area contributed by atoms with E-state index < -0.39 is 0 Å². The molecule has 2 fully saturated rings. The number of likely N-dealkylation sites (tertiary alicyclic amines) is 1. The van der Waals surface area contributed by atoms with Crippen LogP contribution < -0.4 is 5.32 Å². The number of hydrogen-bond acceptors (Lipinski definition) is 4. The lowest BCUT2D eigenvalue weighted by atomic mass is 10.0. The zero-order valence-corrected chi connectivity index (χ0v) is 13.4.